The van der Waals surface area contributed by atoms with Crippen molar-refractivity contribution in [1.82, 2.24) is 10.2 Å². The van der Waals surface area contributed by atoms with Gasteiger partial charge in [-0.05, 0) is 17.7 Å². The molecule has 0 aliphatic carbocycles. The van der Waals surface area contributed by atoms with Gasteiger partial charge in [0.05, 0.1) is 0 Å². The first-order valence-electron chi connectivity index (χ1n) is 4.90. The average Bonchev–Trinajstić information content (AvgIpc) is 2.38. The highest BCUT2D eigenvalue weighted by molar-refractivity contribution is 5.36. The van der Waals surface area contributed by atoms with Crippen molar-refractivity contribution >= 4 is 5.82 Å². The van der Waals surface area contributed by atoms with E-state index in [1.165, 1.54) is 5.56 Å². The van der Waals surface area contributed by atoms with Crippen LogP contribution in [-0.4, -0.2) is 10.2 Å². The Labute approximate surface area is 93.6 Å². The lowest BCUT2D eigenvalue weighted by Crippen LogP contribution is -2.02. The second kappa shape index (κ2) is 4.89. The lowest BCUT2D eigenvalue weighted by Gasteiger charge is -2.04. The zero-order valence-corrected chi connectivity index (χ0v) is 8.59. The van der Waals surface area contributed by atoms with E-state index in [2.05, 4.69) is 15.5 Å². The Kier molecular flexibility index (Phi) is 3.10. The number of anilines is 1. The zero-order valence-electron chi connectivity index (χ0n) is 8.59. The third-order valence-electron chi connectivity index (χ3n) is 2.10. The van der Waals surface area contributed by atoms with E-state index < -0.39 is 0 Å². The van der Waals surface area contributed by atoms with Crippen molar-refractivity contribution in [3.8, 4) is 6.07 Å². The Hall–Kier alpha value is -2.41. The summed E-state index contributed by atoms with van der Waals surface area (Å²) in [6.07, 6.45) is 0. The number of rotatable bonds is 3. The van der Waals surface area contributed by atoms with Gasteiger partial charge in [0.2, 0.25) is 0 Å². The molecule has 1 aromatic carbocycles. The fourth-order valence-electron chi connectivity index (χ4n) is 1.27. The van der Waals surface area contributed by atoms with E-state index in [0.29, 0.717) is 18.1 Å². The van der Waals surface area contributed by atoms with Crippen molar-refractivity contribution in [2.75, 3.05) is 5.32 Å². The van der Waals surface area contributed by atoms with Gasteiger partial charge in [-0.3, -0.25) is 0 Å². The van der Waals surface area contributed by atoms with Crippen molar-refractivity contribution in [1.29, 1.82) is 5.26 Å². The molecule has 0 bridgehead atoms. The topological polar surface area (TPSA) is 61.6 Å². The molecule has 1 N–H and O–H groups in total. The van der Waals surface area contributed by atoms with Gasteiger partial charge in [-0.1, -0.05) is 30.3 Å². The van der Waals surface area contributed by atoms with Gasteiger partial charge in [0, 0.05) is 6.54 Å². The van der Waals surface area contributed by atoms with Crippen molar-refractivity contribution in [3.05, 3.63) is 53.7 Å². The predicted octanol–water partition coefficient (Wildman–Crippen LogP) is 1.96. The lowest BCUT2D eigenvalue weighted by molar-refractivity contribution is 0.985. The second-order valence-corrected chi connectivity index (χ2v) is 3.25. The van der Waals surface area contributed by atoms with Crippen LogP contribution in [0.5, 0.6) is 0 Å². The average molecular weight is 210 g/mol. The molecular formula is C12H10N4. The molecular weight excluding hydrogens is 200 g/mol. The second-order valence-electron chi connectivity index (χ2n) is 3.25. The monoisotopic (exact) mass is 210 g/mol. The number of hydrogen-bond donors (Lipinski definition) is 1. The highest BCUT2D eigenvalue weighted by atomic mass is 15.2. The van der Waals surface area contributed by atoms with Crippen LogP contribution in [0.15, 0.2) is 42.5 Å². The molecule has 0 fully saturated rings. The fraction of sp³-hybridized carbons (Fsp3) is 0.0833. The van der Waals surface area contributed by atoms with Crippen molar-refractivity contribution in [3.63, 3.8) is 0 Å². The minimum absolute atomic E-state index is 0.324. The quantitative estimate of drug-likeness (QED) is 0.841. The molecule has 0 aliphatic rings. The van der Waals surface area contributed by atoms with Gasteiger partial charge in [-0.25, -0.2) is 0 Å². The van der Waals surface area contributed by atoms with Gasteiger partial charge in [-0.2, -0.15) is 5.26 Å². The van der Waals surface area contributed by atoms with E-state index in [1.807, 2.05) is 36.4 Å². The van der Waals surface area contributed by atoms with Crippen LogP contribution < -0.4 is 5.32 Å². The summed E-state index contributed by atoms with van der Waals surface area (Å²) < 4.78 is 0. The minimum atomic E-state index is 0.324. The van der Waals surface area contributed by atoms with Crippen LogP contribution >= 0.6 is 0 Å². The van der Waals surface area contributed by atoms with E-state index in [1.54, 1.807) is 12.1 Å². The molecule has 0 aliphatic heterocycles. The summed E-state index contributed by atoms with van der Waals surface area (Å²) in [5.74, 6) is 0.669. The first kappa shape index (κ1) is 10.1. The number of aromatic nitrogens is 2. The fourth-order valence-corrected chi connectivity index (χ4v) is 1.27. The third-order valence-corrected chi connectivity index (χ3v) is 2.10. The maximum Gasteiger partial charge on any atom is 0.163 e. The van der Waals surface area contributed by atoms with E-state index in [-0.39, 0.29) is 0 Å². The molecule has 1 heterocycles. The first-order valence-corrected chi connectivity index (χ1v) is 4.90. The Balaban J connectivity index is 1.98. The third kappa shape index (κ3) is 2.55. The molecule has 4 heteroatoms. The van der Waals surface area contributed by atoms with Crippen LogP contribution in [-0.2, 0) is 6.54 Å². The van der Waals surface area contributed by atoms with Crippen LogP contribution in [0.2, 0.25) is 0 Å². The first-order chi connectivity index (χ1) is 7.88. The SMILES string of the molecule is N#Cc1ccc(NCc2ccccc2)nn1. The van der Waals surface area contributed by atoms with Crippen LogP contribution in [0, 0.1) is 11.3 Å². The molecule has 16 heavy (non-hydrogen) atoms. The van der Waals surface area contributed by atoms with Crippen LogP contribution in [0.3, 0.4) is 0 Å². The van der Waals surface area contributed by atoms with Gasteiger partial charge < -0.3 is 5.32 Å². The lowest BCUT2D eigenvalue weighted by atomic mass is 10.2. The highest BCUT2D eigenvalue weighted by Crippen LogP contribution is 2.05. The summed E-state index contributed by atoms with van der Waals surface area (Å²) >= 11 is 0. The van der Waals surface area contributed by atoms with Crippen LogP contribution in [0.1, 0.15) is 11.3 Å². The summed E-state index contributed by atoms with van der Waals surface area (Å²) in [5.41, 5.74) is 1.50. The molecule has 2 rings (SSSR count). The molecule has 0 saturated carbocycles. The number of benzene rings is 1. The van der Waals surface area contributed by atoms with Gasteiger partial charge in [-0.15, -0.1) is 10.2 Å². The van der Waals surface area contributed by atoms with Crippen molar-refractivity contribution in [2.24, 2.45) is 0 Å². The van der Waals surface area contributed by atoms with E-state index >= 15 is 0 Å². The van der Waals surface area contributed by atoms with E-state index in [9.17, 15) is 0 Å². The molecule has 0 amide bonds. The number of hydrogen-bond acceptors (Lipinski definition) is 4. The maximum absolute atomic E-state index is 8.56. The summed E-state index contributed by atoms with van der Waals surface area (Å²) in [4.78, 5) is 0. The number of nitrogens with zero attached hydrogens (tertiary/aromatic N) is 3. The molecule has 78 valence electrons. The summed E-state index contributed by atoms with van der Waals surface area (Å²) in [6.45, 7) is 0.696. The Morgan fingerprint density at radius 3 is 2.50 bits per heavy atom. The molecule has 2 aromatic rings. The maximum atomic E-state index is 8.56. The standard InChI is InChI=1S/C12H10N4/c13-8-11-6-7-12(16-15-11)14-9-10-4-2-1-3-5-10/h1-7H,9H2,(H,14,16). The van der Waals surface area contributed by atoms with Crippen molar-refractivity contribution < 1.29 is 0 Å². The van der Waals surface area contributed by atoms with Crippen LogP contribution in [0.4, 0.5) is 5.82 Å². The Morgan fingerprint density at radius 2 is 1.88 bits per heavy atom. The largest absolute Gasteiger partial charge is 0.365 e. The minimum Gasteiger partial charge on any atom is -0.365 e. The smallest absolute Gasteiger partial charge is 0.163 e. The van der Waals surface area contributed by atoms with Gasteiger partial charge in [0.25, 0.3) is 0 Å². The molecule has 0 saturated heterocycles. The summed E-state index contributed by atoms with van der Waals surface area (Å²) in [7, 11) is 0. The molecule has 0 atom stereocenters. The summed E-state index contributed by atoms with van der Waals surface area (Å²) in [5, 5.41) is 19.3. The number of nitriles is 1. The zero-order chi connectivity index (χ0) is 11.2. The highest BCUT2D eigenvalue weighted by Gasteiger charge is 1.96. The van der Waals surface area contributed by atoms with E-state index in [4.69, 9.17) is 5.26 Å². The normalized spacial score (nSPS) is 9.44. The van der Waals surface area contributed by atoms with Crippen molar-refractivity contribution in [2.45, 2.75) is 6.54 Å². The van der Waals surface area contributed by atoms with E-state index in [0.717, 1.165) is 0 Å². The van der Waals surface area contributed by atoms with Gasteiger partial charge in [0.15, 0.2) is 5.69 Å². The van der Waals surface area contributed by atoms with Gasteiger partial charge >= 0.3 is 0 Å². The Morgan fingerprint density at radius 1 is 1.06 bits per heavy atom. The van der Waals surface area contributed by atoms with Gasteiger partial charge in [0.1, 0.15) is 11.9 Å². The van der Waals surface area contributed by atoms with Crippen LogP contribution in [0.25, 0.3) is 0 Å². The number of nitrogens with one attached hydrogen (secondary N) is 1. The molecule has 0 radical (unpaired) electrons. The molecule has 0 spiro atoms. The Bertz CT molecular complexity index is 485. The molecule has 0 unspecified atom stereocenters. The summed E-state index contributed by atoms with van der Waals surface area (Å²) in [6, 6.07) is 15.3. The molecule has 4 nitrogen and oxygen atoms in total. The predicted molar refractivity (Wildman–Crippen MR) is 60.5 cm³/mol. The molecule has 1 aromatic heterocycles.